The number of aryl methyl sites for hydroxylation is 1. The molecule has 0 radical (unpaired) electrons. The second-order valence-corrected chi connectivity index (χ2v) is 10.9. The molecule has 0 atom stereocenters. The molecule has 2 aromatic carbocycles. The number of nitrogens with zero attached hydrogens (tertiary/aromatic N) is 1. The Labute approximate surface area is 189 Å². The molecular formula is C23H30N2O6S. The third kappa shape index (κ3) is 7.26. The third-order valence-corrected chi connectivity index (χ3v) is 5.24. The SMILES string of the molecule is Cc1ccc(S(=O)(=O)Nc2cccc(N(C(=O)OC(C)(C)C)C(=O)OC(C)(C)C)c2)cc1. The number of amides is 2. The molecule has 0 unspecified atom stereocenters. The second-order valence-electron chi connectivity index (χ2n) is 9.26. The van der Waals surface area contributed by atoms with E-state index >= 15 is 0 Å². The van der Waals surface area contributed by atoms with Crippen LogP contribution in [-0.2, 0) is 19.5 Å². The average Bonchev–Trinajstić information content (AvgIpc) is 2.59. The van der Waals surface area contributed by atoms with Crippen molar-refractivity contribution in [1.29, 1.82) is 0 Å². The lowest BCUT2D eigenvalue weighted by Crippen LogP contribution is -2.43. The van der Waals surface area contributed by atoms with Crippen LogP contribution in [0.15, 0.2) is 53.4 Å². The molecule has 2 amide bonds. The van der Waals surface area contributed by atoms with E-state index in [1.54, 1.807) is 53.7 Å². The topological polar surface area (TPSA) is 102 Å². The van der Waals surface area contributed by atoms with Gasteiger partial charge in [-0.3, -0.25) is 4.72 Å². The number of ether oxygens (including phenoxy) is 2. The van der Waals surface area contributed by atoms with Gasteiger partial charge in [-0.25, -0.2) is 18.0 Å². The first-order valence-corrected chi connectivity index (χ1v) is 11.5. The maximum Gasteiger partial charge on any atom is 0.424 e. The van der Waals surface area contributed by atoms with Crippen LogP contribution in [0.2, 0.25) is 0 Å². The number of imide groups is 1. The van der Waals surface area contributed by atoms with Crippen LogP contribution in [-0.4, -0.2) is 31.8 Å². The molecule has 9 heteroatoms. The monoisotopic (exact) mass is 462 g/mol. The van der Waals surface area contributed by atoms with Crippen LogP contribution in [0, 0.1) is 6.92 Å². The predicted octanol–water partition coefficient (Wildman–Crippen LogP) is 5.47. The number of carbonyl (C=O) groups excluding carboxylic acids is 2. The number of benzene rings is 2. The van der Waals surface area contributed by atoms with Crippen molar-refractivity contribution in [2.24, 2.45) is 0 Å². The van der Waals surface area contributed by atoms with E-state index in [1.807, 2.05) is 6.92 Å². The molecule has 2 aromatic rings. The van der Waals surface area contributed by atoms with Crippen LogP contribution in [0.5, 0.6) is 0 Å². The van der Waals surface area contributed by atoms with Crippen LogP contribution in [0.25, 0.3) is 0 Å². The fourth-order valence-corrected chi connectivity index (χ4v) is 3.59. The Balaban J connectivity index is 2.40. The van der Waals surface area contributed by atoms with Gasteiger partial charge in [0.1, 0.15) is 11.2 Å². The molecule has 0 spiro atoms. The lowest BCUT2D eigenvalue weighted by atomic mass is 10.2. The van der Waals surface area contributed by atoms with E-state index in [9.17, 15) is 18.0 Å². The van der Waals surface area contributed by atoms with Crippen molar-refractivity contribution in [2.45, 2.75) is 64.6 Å². The summed E-state index contributed by atoms with van der Waals surface area (Å²) in [5, 5.41) is 0. The highest BCUT2D eigenvalue weighted by Gasteiger charge is 2.33. The van der Waals surface area contributed by atoms with E-state index in [4.69, 9.17) is 9.47 Å². The summed E-state index contributed by atoms with van der Waals surface area (Å²) < 4.78 is 38.6. The number of hydrogen-bond acceptors (Lipinski definition) is 6. The summed E-state index contributed by atoms with van der Waals surface area (Å²) in [7, 11) is -3.87. The highest BCUT2D eigenvalue weighted by molar-refractivity contribution is 7.92. The predicted molar refractivity (Wildman–Crippen MR) is 123 cm³/mol. The Hall–Kier alpha value is -3.07. The zero-order chi connectivity index (χ0) is 24.3. The molecule has 8 nitrogen and oxygen atoms in total. The van der Waals surface area contributed by atoms with Crippen molar-refractivity contribution in [3.05, 3.63) is 54.1 Å². The second kappa shape index (κ2) is 9.20. The molecule has 0 aliphatic rings. The van der Waals surface area contributed by atoms with Crippen molar-refractivity contribution < 1.29 is 27.5 Å². The fraction of sp³-hybridized carbons (Fsp3) is 0.391. The molecule has 0 heterocycles. The van der Waals surface area contributed by atoms with E-state index in [0.717, 1.165) is 10.5 Å². The Kier molecular flexibility index (Phi) is 7.24. The lowest BCUT2D eigenvalue weighted by Gasteiger charge is -2.28. The van der Waals surface area contributed by atoms with Gasteiger partial charge in [-0.05, 0) is 78.8 Å². The van der Waals surface area contributed by atoms with E-state index in [2.05, 4.69) is 4.72 Å². The fourth-order valence-electron chi connectivity index (χ4n) is 2.54. The van der Waals surface area contributed by atoms with Crippen LogP contribution < -0.4 is 9.62 Å². The van der Waals surface area contributed by atoms with Gasteiger partial charge in [0.05, 0.1) is 16.3 Å². The molecule has 0 aromatic heterocycles. The van der Waals surface area contributed by atoms with Gasteiger partial charge in [0, 0.05) is 0 Å². The number of rotatable bonds is 4. The van der Waals surface area contributed by atoms with Crippen LogP contribution in [0.1, 0.15) is 47.1 Å². The summed E-state index contributed by atoms with van der Waals surface area (Å²) >= 11 is 0. The Morgan fingerprint density at radius 2 is 1.34 bits per heavy atom. The van der Waals surface area contributed by atoms with Gasteiger partial charge in [-0.2, -0.15) is 4.90 Å². The molecule has 0 aliphatic heterocycles. The molecule has 0 saturated carbocycles. The Morgan fingerprint density at radius 3 is 1.81 bits per heavy atom. The normalized spacial score (nSPS) is 12.1. The van der Waals surface area contributed by atoms with Crippen LogP contribution in [0.4, 0.5) is 21.0 Å². The molecule has 0 fully saturated rings. The quantitative estimate of drug-likeness (QED) is 0.646. The number of carbonyl (C=O) groups is 2. The molecule has 0 bridgehead atoms. The molecule has 32 heavy (non-hydrogen) atoms. The standard InChI is InChI=1S/C23H30N2O6S/c1-16-11-13-19(14-12-16)32(28,29)24-17-9-8-10-18(15-17)25(20(26)30-22(2,3)4)21(27)31-23(5,6)7/h8-15,24H,1-7H3. The van der Waals surface area contributed by atoms with Gasteiger partial charge in [0.15, 0.2) is 0 Å². The molecular weight excluding hydrogens is 432 g/mol. The zero-order valence-corrected chi connectivity index (χ0v) is 20.2. The van der Waals surface area contributed by atoms with E-state index < -0.39 is 33.4 Å². The number of anilines is 2. The van der Waals surface area contributed by atoms with Gasteiger partial charge >= 0.3 is 12.2 Å². The highest BCUT2D eigenvalue weighted by Crippen LogP contribution is 2.26. The van der Waals surface area contributed by atoms with Gasteiger partial charge in [0.25, 0.3) is 10.0 Å². The summed E-state index contributed by atoms with van der Waals surface area (Å²) in [5.41, 5.74) is -0.529. The highest BCUT2D eigenvalue weighted by atomic mass is 32.2. The van der Waals surface area contributed by atoms with Crippen molar-refractivity contribution in [2.75, 3.05) is 9.62 Å². The van der Waals surface area contributed by atoms with Crippen molar-refractivity contribution in [3.8, 4) is 0 Å². The first kappa shape index (κ1) is 25.2. The van der Waals surface area contributed by atoms with Crippen LogP contribution >= 0.6 is 0 Å². The molecule has 0 saturated heterocycles. The van der Waals surface area contributed by atoms with E-state index in [1.165, 1.54) is 36.4 Å². The van der Waals surface area contributed by atoms with Crippen molar-refractivity contribution in [1.82, 2.24) is 0 Å². The largest absolute Gasteiger partial charge is 0.443 e. The Bertz CT molecular complexity index is 1050. The van der Waals surface area contributed by atoms with E-state index in [0.29, 0.717) is 0 Å². The van der Waals surface area contributed by atoms with E-state index in [-0.39, 0.29) is 16.3 Å². The first-order valence-electron chi connectivity index (χ1n) is 10.0. The number of hydrogen-bond donors (Lipinski definition) is 1. The van der Waals surface area contributed by atoms with Gasteiger partial charge in [-0.15, -0.1) is 0 Å². The van der Waals surface area contributed by atoms with Gasteiger partial charge in [0.2, 0.25) is 0 Å². The smallest absolute Gasteiger partial charge is 0.424 e. The van der Waals surface area contributed by atoms with Crippen molar-refractivity contribution >= 4 is 33.6 Å². The summed E-state index contributed by atoms with van der Waals surface area (Å²) in [6, 6.07) is 12.2. The number of nitrogens with one attached hydrogen (secondary N) is 1. The maximum absolute atomic E-state index is 12.8. The molecule has 1 N–H and O–H groups in total. The molecule has 0 aliphatic carbocycles. The van der Waals surface area contributed by atoms with Crippen LogP contribution in [0.3, 0.4) is 0 Å². The lowest BCUT2D eigenvalue weighted by molar-refractivity contribution is 0.0431. The summed E-state index contributed by atoms with van der Waals surface area (Å²) in [4.78, 5) is 26.4. The number of sulfonamides is 1. The third-order valence-electron chi connectivity index (χ3n) is 3.84. The molecule has 2 rings (SSSR count). The minimum absolute atomic E-state index is 0.0876. The van der Waals surface area contributed by atoms with Crippen molar-refractivity contribution in [3.63, 3.8) is 0 Å². The Morgan fingerprint density at radius 1 is 0.844 bits per heavy atom. The zero-order valence-electron chi connectivity index (χ0n) is 19.4. The maximum atomic E-state index is 12.8. The summed E-state index contributed by atoms with van der Waals surface area (Å²) in [5.74, 6) is 0. The molecule has 174 valence electrons. The minimum Gasteiger partial charge on any atom is -0.443 e. The van der Waals surface area contributed by atoms with Gasteiger partial charge < -0.3 is 9.47 Å². The minimum atomic E-state index is -3.87. The average molecular weight is 463 g/mol. The summed E-state index contributed by atoms with van der Waals surface area (Å²) in [6.45, 7) is 11.9. The van der Waals surface area contributed by atoms with Gasteiger partial charge in [-0.1, -0.05) is 23.8 Å². The first-order chi connectivity index (χ1) is 14.6. The summed E-state index contributed by atoms with van der Waals surface area (Å²) in [6.07, 6.45) is -1.88.